The number of carbonyl (C=O) groups is 1. The Morgan fingerprint density at radius 1 is 1.47 bits per heavy atom. The van der Waals surface area contributed by atoms with Crippen molar-refractivity contribution in [2.24, 2.45) is 5.92 Å². The van der Waals surface area contributed by atoms with Crippen LogP contribution in [0.1, 0.15) is 12.8 Å². The molecule has 1 aromatic rings. The molecule has 5 nitrogen and oxygen atoms in total. The predicted molar refractivity (Wildman–Crippen MR) is 73.6 cm³/mol. The van der Waals surface area contributed by atoms with Gasteiger partial charge < -0.3 is 14.8 Å². The third-order valence-corrected chi connectivity index (χ3v) is 3.27. The molecule has 0 aliphatic carbocycles. The van der Waals surface area contributed by atoms with E-state index in [9.17, 15) is 4.79 Å². The van der Waals surface area contributed by atoms with Crippen molar-refractivity contribution in [3.63, 3.8) is 0 Å². The van der Waals surface area contributed by atoms with Crippen molar-refractivity contribution >= 4 is 11.8 Å². The first kappa shape index (κ1) is 13.7. The molecule has 0 aromatic heterocycles. The van der Waals surface area contributed by atoms with Crippen molar-refractivity contribution in [2.75, 3.05) is 32.1 Å². The number of rotatable bonds is 5. The van der Waals surface area contributed by atoms with Crippen LogP contribution < -0.4 is 15.4 Å². The topological polar surface area (TPSA) is 59.6 Å². The standard InChI is InChI=1S/C14H20N2O3/c1-18-13-5-3-2-4-12(13)16-14(17)19-9-7-11-6-8-15-10-11/h2-5,11,15H,6-10H2,1H3,(H,16,17). The second-order valence-corrected chi connectivity index (χ2v) is 4.61. The molecule has 1 amide bonds. The first-order valence-electron chi connectivity index (χ1n) is 6.57. The summed E-state index contributed by atoms with van der Waals surface area (Å²) in [5.41, 5.74) is 0.623. The van der Waals surface area contributed by atoms with E-state index in [2.05, 4.69) is 10.6 Å². The fourth-order valence-electron chi connectivity index (χ4n) is 2.17. The lowest BCUT2D eigenvalue weighted by Gasteiger charge is -2.11. The number of nitrogens with one attached hydrogen (secondary N) is 2. The number of amides is 1. The van der Waals surface area contributed by atoms with Crippen molar-refractivity contribution in [2.45, 2.75) is 12.8 Å². The minimum atomic E-state index is -0.435. The molecule has 2 rings (SSSR count). The largest absolute Gasteiger partial charge is 0.495 e. The lowest BCUT2D eigenvalue weighted by molar-refractivity contribution is 0.154. The fraction of sp³-hybridized carbons (Fsp3) is 0.500. The summed E-state index contributed by atoms with van der Waals surface area (Å²) in [5, 5.41) is 5.98. The Labute approximate surface area is 113 Å². The molecule has 1 aliphatic heterocycles. The van der Waals surface area contributed by atoms with Crippen LogP contribution in [0.4, 0.5) is 10.5 Å². The van der Waals surface area contributed by atoms with Crippen LogP contribution in [0.2, 0.25) is 0 Å². The minimum absolute atomic E-state index is 0.435. The Morgan fingerprint density at radius 2 is 2.32 bits per heavy atom. The second kappa shape index (κ2) is 6.99. The molecule has 1 aromatic carbocycles. The van der Waals surface area contributed by atoms with E-state index in [1.54, 1.807) is 19.2 Å². The van der Waals surface area contributed by atoms with Gasteiger partial charge in [0.05, 0.1) is 19.4 Å². The van der Waals surface area contributed by atoms with Gasteiger partial charge in [0, 0.05) is 0 Å². The first-order chi connectivity index (χ1) is 9.29. The number of benzene rings is 1. The van der Waals surface area contributed by atoms with E-state index >= 15 is 0 Å². The van der Waals surface area contributed by atoms with E-state index in [0.29, 0.717) is 24.0 Å². The molecule has 19 heavy (non-hydrogen) atoms. The highest BCUT2D eigenvalue weighted by atomic mass is 16.5. The third-order valence-electron chi connectivity index (χ3n) is 3.27. The zero-order valence-corrected chi connectivity index (χ0v) is 11.1. The van der Waals surface area contributed by atoms with Gasteiger partial charge in [-0.2, -0.15) is 0 Å². The number of methoxy groups -OCH3 is 1. The molecule has 1 unspecified atom stereocenters. The normalized spacial score (nSPS) is 18.1. The lowest BCUT2D eigenvalue weighted by Crippen LogP contribution is -2.17. The van der Waals surface area contributed by atoms with Crippen molar-refractivity contribution in [1.29, 1.82) is 0 Å². The molecule has 0 saturated carbocycles. The summed E-state index contributed by atoms with van der Waals surface area (Å²) in [6.07, 6.45) is 1.64. The molecule has 1 atom stereocenters. The quantitative estimate of drug-likeness (QED) is 0.856. The van der Waals surface area contributed by atoms with Gasteiger partial charge in [0.2, 0.25) is 0 Å². The average Bonchev–Trinajstić information content (AvgIpc) is 2.92. The van der Waals surface area contributed by atoms with Crippen LogP contribution in [-0.2, 0) is 4.74 Å². The van der Waals surface area contributed by atoms with E-state index in [1.807, 2.05) is 12.1 Å². The summed E-state index contributed by atoms with van der Waals surface area (Å²) < 4.78 is 10.3. The molecule has 1 fully saturated rings. The zero-order chi connectivity index (χ0) is 13.5. The van der Waals surface area contributed by atoms with Gasteiger partial charge in [0.15, 0.2) is 0 Å². The maximum atomic E-state index is 11.6. The van der Waals surface area contributed by atoms with Crippen LogP contribution >= 0.6 is 0 Å². The van der Waals surface area contributed by atoms with Crippen LogP contribution in [0.3, 0.4) is 0 Å². The molecular weight excluding hydrogens is 244 g/mol. The highest BCUT2D eigenvalue weighted by molar-refractivity contribution is 5.86. The van der Waals surface area contributed by atoms with Crippen LogP contribution in [0, 0.1) is 5.92 Å². The van der Waals surface area contributed by atoms with Gasteiger partial charge in [0.25, 0.3) is 0 Å². The number of ether oxygens (including phenoxy) is 2. The van der Waals surface area contributed by atoms with Crippen molar-refractivity contribution in [1.82, 2.24) is 5.32 Å². The van der Waals surface area contributed by atoms with Gasteiger partial charge in [-0.3, -0.25) is 5.32 Å². The molecule has 1 heterocycles. The number of para-hydroxylation sites is 2. The maximum Gasteiger partial charge on any atom is 0.411 e. The van der Waals surface area contributed by atoms with Crippen LogP contribution in [0.15, 0.2) is 24.3 Å². The Kier molecular flexibility index (Phi) is 5.03. The lowest BCUT2D eigenvalue weighted by atomic mass is 10.1. The summed E-state index contributed by atoms with van der Waals surface area (Å²) in [6, 6.07) is 7.26. The molecule has 2 N–H and O–H groups in total. The summed E-state index contributed by atoms with van der Waals surface area (Å²) in [5.74, 6) is 1.25. The fourth-order valence-corrected chi connectivity index (χ4v) is 2.17. The van der Waals surface area contributed by atoms with Crippen LogP contribution in [0.5, 0.6) is 5.75 Å². The molecule has 1 aliphatic rings. The molecular formula is C14H20N2O3. The van der Waals surface area contributed by atoms with Crippen LogP contribution in [0.25, 0.3) is 0 Å². The van der Waals surface area contributed by atoms with E-state index < -0.39 is 6.09 Å². The van der Waals surface area contributed by atoms with Crippen molar-refractivity contribution < 1.29 is 14.3 Å². The SMILES string of the molecule is COc1ccccc1NC(=O)OCCC1CCNC1. The monoisotopic (exact) mass is 264 g/mol. The smallest absolute Gasteiger partial charge is 0.411 e. The molecule has 0 bridgehead atoms. The van der Waals surface area contributed by atoms with E-state index in [1.165, 1.54) is 0 Å². The van der Waals surface area contributed by atoms with E-state index in [0.717, 1.165) is 25.9 Å². The highest BCUT2D eigenvalue weighted by Crippen LogP contribution is 2.23. The van der Waals surface area contributed by atoms with E-state index in [-0.39, 0.29) is 0 Å². The van der Waals surface area contributed by atoms with Crippen LogP contribution in [-0.4, -0.2) is 32.9 Å². The minimum Gasteiger partial charge on any atom is -0.495 e. The number of hydrogen-bond donors (Lipinski definition) is 2. The van der Waals surface area contributed by atoms with Gasteiger partial charge in [-0.15, -0.1) is 0 Å². The number of carbonyl (C=O) groups excluding carboxylic acids is 1. The van der Waals surface area contributed by atoms with Gasteiger partial charge in [-0.1, -0.05) is 12.1 Å². The molecule has 104 valence electrons. The Bertz CT molecular complexity index is 417. The zero-order valence-electron chi connectivity index (χ0n) is 11.1. The van der Waals surface area contributed by atoms with Crippen molar-refractivity contribution in [3.05, 3.63) is 24.3 Å². The number of anilines is 1. The first-order valence-corrected chi connectivity index (χ1v) is 6.57. The van der Waals surface area contributed by atoms with Gasteiger partial charge in [-0.25, -0.2) is 4.79 Å². The van der Waals surface area contributed by atoms with Gasteiger partial charge in [-0.05, 0) is 44.0 Å². The summed E-state index contributed by atoms with van der Waals surface area (Å²) in [6.45, 7) is 2.54. The summed E-state index contributed by atoms with van der Waals surface area (Å²) in [4.78, 5) is 11.6. The average molecular weight is 264 g/mol. The Hall–Kier alpha value is -1.75. The predicted octanol–water partition coefficient (Wildman–Crippen LogP) is 2.24. The molecule has 1 saturated heterocycles. The summed E-state index contributed by atoms with van der Waals surface area (Å²) >= 11 is 0. The Balaban J connectivity index is 1.74. The Morgan fingerprint density at radius 3 is 3.05 bits per heavy atom. The summed E-state index contributed by atoms with van der Waals surface area (Å²) in [7, 11) is 1.57. The molecule has 0 radical (unpaired) electrons. The highest BCUT2D eigenvalue weighted by Gasteiger charge is 2.15. The van der Waals surface area contributed by atoms with E-state index in [4.69, 9.17) is 9.47 Å². The van der Waals surface area contributed by atoms with Gasteiger partial charge >= 0.3 is 6.09 Å². The molecule has 5 heteroatoms. The molecule has 0 spiro atoms. The second-order valence-electron chi connectivity index (χ2n) is 4.61. The number of hydrogen-bond acceptors (Lipinski definition) is 4. The van der Waals surface area contributed by atoms with Crippen molar-refractivity contribution in [3.8, 4) is 5.75 Å². The third kappa shape index (κ3) is 4.13. The van der Waals surface area contributed by atoms with Gasteiger partial charge in [0.1, 0.15) is 5.75 Å². The maximum absolute atomic E-state index is 11.6.